The third kappa shape index (κ3) is 2.76. The fourth-order valence-corrected chi connectivity index (χ4v) is 1.85. The van der Waals surface area contributed by atoms with Crippen LogP contribution in [0, 0.1) is 0 Å². The standard InChI is InChI=1S/C6H13NO3S/c1-7-5-3-4-6(7)10-11(2,8)9/h6H,3-5H2,1-2H3. The Morgan fingerprint density at radius 1 is 1.55 bits per heavy atom. The van der Waals surface area contributed by atoms with Gasteiger partial charge in [-0.2, -0.15) is 8.42 Å². The van der Waals surface area contributed by atoms with Crippen LogP contribution >= 0.6 is 0 Å². The van der Waals surface area contributed by atoms with Crippen LogP contribution in [-0.4, -0.2) is 39.4 Å². The number of nitrogens with zero attached hydrogens (tertiary/aromatic N) is 1. The molecule has 0 bridgehead atoms. The molecule has 0 N–H and O–H groups in total. The molecule has 1 atom stereocenters. The summed E-state index contributed by atoms with van der Waals surface area (Å²) in [6.45, 7) is 0.917. The molecule has 1 unspecified atom stereocenters. The largest absolute Gasteiger partial charge is 0.280 e. The van der Waals surface area contributed by atoms with E-state index in [2.05, 4.69) is 0 Å². The molecule has 0 aromatic rings. The third-order valence-electron chi connectivity index (χ3n) is 1.74. The predicted molar refractivity (Wildman–Crippen MR) is 41.6 cm³/mol. The molecule has 0 aromatic carbocycles. The summed E-state index contributed by atoms with van der Waals surface area (Å²) in [7, 11) is -1.42. The summed E-state index contributed by atoms with van der Waals surface area (Å²) in [6.07, 6.45) is 2.67. The number of hydrogen-bond acceptors (Lipinski definition) is 4. The van der Waals surface area contributed by atoms with Gasteiger partial charge in [0.05, 0.1) is 6.26 Å². The number of hydrogen-bond donors (Lipinski definition) is 0. The van der Waals surface area contributed by atoms with E-state index < -0.39 is 10.1 Å². The second kappa shape index (κ2) is 3.08. The molecule has 1 aliphatic heterocycles. The average Bonchev–Trinajstić information content (AvgIpc) is 2.12. The first-order valence-electron chi connectivity index (χ1n) is 3.57. The van der Waals surface area contributed by atoms with Gasteiger partial charge in [-0.1, -0.05) is 0 Å². The van der Waals surface area contributed by atoms with Crippen molar-refractivity contribution in [2.45, 2.75) is 19.1 Å². The van der Waals surface area contributed by atoms with Gasteiger partial charge in [0.15, 0.2) is 0 Å². The van der Waals surface area contributed by atoms with Crippen molar-refractivity contribution in [1.82, 2.24) is 4.90 Å². The molecule has 5 heteroatoms. The highest BCUT2D eigenvalue weighted by Crippen LogP contribution is 2.16. The van der Waals surface area contributed by atoms with Crippen molar-refractivity contribution >= 4 is 10.1 Å². The zero-order chi connectivity index (χ0) is 8.48. The van der Waals surface area contributed by atoms with Gasteiger partial charge >= 0.3 is 0 Å². The molecule has 1 rings (SSSR count). The van der Waals surface area contributed by atoms with E-state index in [1.165, 1.54) is 0 Å². The fourth-order valence-electron chi connectivity index (χ4n) is 1.20. The summed E-state index contributed by atoms with van der Waals surface area (Å²) < 4.78 is 26.2. The van der Waals surface area contributed by atoms with Crippen LogP contribution in [0.25, 0.3) is 0 Å². The molecule has 4 nitrogen and oxygen atoms in total. The van der Waals surface area contributed by atoms with Gasteiger partial charge in [-0.25, -0.2) is 0 Å². The zero-order valence-electron chi connectivity index (χ0n) is 6.78. The fraction of sp³-hybridized carbons (Fsp3) is 1.00. The molecule has 0 aliphatic carbocycles. The topological polar surface area (TPSA) is 46.6 Å². The molecule has 1 saturated heterocycles. The van der Waals surface area contributed by atoms with Crippen molar-refractivity contribution in [2.24, 2.45) is 0 Å². The van der Waals surface area contributed by atoms with Crippen LogP contribution in [0.15, 0.2) is 0 Å². The van der Waals surface area contributed by atoms with E-state index in [1.807, 2.05) is 11.9 Å². The smallest absolute Gasteiger partial charge is 0.265 e. The van der Waals surface area contributed by atoms with Crippen LogP contribution in [0.1, 0.15) is 12.8 Å². The number of rotatable bonds is 2. The molecular weight excluding hydrogens is 166 g/mol. The lowest BCUT2D eigenvalue weighted by atomic mass is 10.4. The molecule has 0 aromatic heterocycles. The van der Waals surface area contributed by atoms with E-state index in [9.17, 15) is 8.42 Å². The molecule has 0 radical (unpaired) electrons. The summed E-state index contributed by atoms with van der Waals surface area (Å²) in [5.74, 6) is 0. The Bertz CT molecular complexity index is 224. The summed E-state index contributed by atoms with van der Waals surface area (Å²) in [5, 5.41) is 0. The molecule has 0 saturated carbocycles. The van der Waals surface area contributed by atoms with E-state index in [0.29, 0.717) is 0 Å². The Labute approximate surface area is 67.3 Å². The van der Waals surface area contributed by atoms with Crippen molar-refractivity contribution < 1.29 is 12.6 Å². The lowest BCUT2D eigenvalue weighted by Crippen LogP contribution is -2.29. The highest BCUT2D eigenvalue weighted by atomic mass is 32.2. The van der Waals surface area contributed by atoms with Gasteiger partial charge in [0.2, 0.25) is 0 Å². The Balaban J connectivity index is 2.50. The van der Waals surface area contributed by atoms with E-state index in [-0.39, 0.29) is 6.23 Å². The van der Waals surface area contributed by atoms with Crippen molar-refractivity contribution in [1.29, 1.82) is 0 Å². The minimum Gasteiger partial charge on any atom is -0.280 e. The third-order valence-corrected chi connectivity index (χ3v) is 2.31. The number of likely N-dealkylation sites (tertiary alicyclic amines) is 1. The van der Waals surface area contributed by atoms with Gasteiger partial charge in [-0.05, 0) is 19.9 Å². The Hall–Kier alpha value is -0.130. The maximum atomic E-state index is 10.7. The molecule has 1 aliphatic rings. The first-order chi connectivity index (χ1) is 4.99. The summed E-state index contributed by atoms with van der Waals surface area (Å²) in [5.41, 5.74) is 0. The van der Waals surface area contributed by atoms with Crippen LogP contribution in [0.3, 0.4) is 0 Å². The molecule has 1 fully saturated rings. The highest BCUT2D eigenvalue weighted by Gasteiger charge is 2.24. The Morgan fingerprint density at radius 3 is 2.55 bits per heavy atom. The van der Waals surface area contributed by atoms with Gasteiger partial charge in [0.1, 0.15) is 6.23 Å². The molecular formula is C6H13NO3S. The lowest BCUT2D eigenvalue weighted by Gasteiger charge is -2.17. The maximum Gasteiger partial charge on any atom is 0.265 e. The molecule has 1 heterocycles. The minimum absolute atomic E-state index is 0.231. The highest BCUT2D eigenvalue weighted by molar-refractivity contribution is 7.86. The second-order valence-electron chi connectivity index (χ2n) is 2.88. The molecule has 0 amide bonds. The maximum absolute atomic E-state index is 10.7. The lowest BCUT2D eigenvalue weighted by molar-refractivity contribution is 0.0890. The van der Waals surface area contributed by atoms with E-state index in [1.54, 1.807) is 0 Å². The second-order valence-corrected chi connectivity index (χ2v) is 4.48. The Kier molecular flexibility index (Phi) is 2.51. The normalized spacial score (nSPS) is 27.6. The zero-order valence-corrected chi connectivity index (χ0v) is 7.60. The van der Waals surface area contributed by atoms with Crippen LogP contribution in [-0.2, 0) is 14.3 Å². The minimum atomic E-state index is -3.28. The SMILES string of the molecule is CN1CCCC1OS(C)(=O)=O. The van der Waals surface area contributed by atoms with Crippen LogP contribution in [0.4, 0.5) is 0 Å². The van der Waals surface area contributed by atoms with Crippen LogP contribution in [0.5, 0.6) is 0 Å². The van der Waals surface area contributed by atoms with E-state index >= 15 is 0 Å². The van der Waals surface area contributed by atoms with Gasteiger partial charge in [-0.15, -0.1) is 0 Å². The van der Waals surface area contributed by atoms with Crippen molar-refractivity contribution in [3.8, 4) is 0 Å². The van der Waals surface area contributed by atoms with Gasteiger partial charge in [0, 0.05) is 6.54 Å². The first-order valence-corrected chi connectivity index (χ1v) is 5.39. The van der Waals surface area contributed by atoms with Crippen molar-refractivity contribution in [3.63, 3.8) is 0 Å². The van der Waals surface area contributed by atoms with Gasteiger partial charge in [-0.3, -0.25) is 9.08 Å². The van der Waals surface area contributed by atoms with Crippen LogP contribution in [0.2, 0.25) is 0 Å². The quantitative estimate of drug-likeness (QED) is 0.560. The van der Waals surface area contributed by atoms with E-state index in [4.69, 9.17) is 4.18 Å². The molecule has 0 spiro atoms. The van der Waals surface area contributed by atoms with E-state index in [0.717, 1.165) is 25.6 Å². The average molecular weight is 179 g/mol. The van der Waals surface area contributed by atoms with Crippen molar-refractivity contribution in [2.75, 3.05) is 19.8 Å². The monoisotopic (exact) mass is 179 g/mol. The predicted octanol–water partition coefficient (Wildman–Crippen LogP) is 0.0143. The first kappa shape index (κ1) is 8.96. The summed E-state index contributed by atoms with van der Waals surface area (Å²) in [4.78, 5) is 1.90. The molecule has 11 heavy (non-hydrogen) atoms. The molecule has 66 valence electrons. The van der Waals surface area contributed by atoms with Gasteiger partial charge < -0.3 is 0 Å². The van der Waals surface area contributed by atoms with Gasteiger partial charge in [0.25, 0.3) is 10.1 Å². The van der Waals surface area contributed by atoms with Crippen LogP contribution < -0.4 is 0 Å². The van der Waals surface area contributed by atoms with Crippen molar-refractivity contribution in [3.05, 3.63) is 0 Å². The summed E-state index contributed by atoms with van der Waals surface area (Å²) in [6, 6.07) is 0. The summed E-state index contributed by atoms with van der Waals surface area (Å²) >= 11 is 0. The Morgan fingerprint density at radius 2 is 2.18 bits per heavy atom.